The van der Waals surface area contributed by atoms with Crippen molar-refractivity contribution in [3.05, 3.63) is 24.3 Å². The van der Waals surface area contributed by atoms with Gasteiger partial charge in [-0.3, -0.25) is 4.99 Å². The first-order valence-electron chi connectivity index (χ1n) is 8.88. The molecule has 0 amide bonds. The van der Waals surface area contributed by atoms with Gasteiger partial charge in [0.2, 0.25) is 0 Å². The summed E-state index contributed by atoms with van der Waals surface area (Å²) in [7, 11) is 5.36. The molecule has 0 bridgehead atoms. The van der Waals surface area contributed by atoms with Crippen molar-refractivity contribution in [3.63, 3.8) is 0 Å². The molecule has 0 radical (unpaired) electrons. The molecule has 1 aromatic rings. The molecule has 140 valence electrons. The van der Waals surface area contributed by atoms with Crippen molar-refractivity contribution in [1.29, 1.82) is 0 Å². The molecule has 25 heavy (non-hydrogen) atoms. The summed E-state index contributed by atoms with van der Waals surface area (Å²) in [5.41, 5.74) is 0. The van der Waals surface area contributed by atoms with E-state index in [1.807, 2.05) is 30.9 Å². The molecule has 2 atom stereocenters. The highest BCUT2D eigenvalue weighted by Crippen LogP contribution is 2.29. The molecule has 6 heteroatoms. The highest BCUT2D eigenvalue weighted by Gasteiger charge is 2.24. The predicted octanol–water partition coefficient (Wildman–Crippen LogP) is 2.97. The summed E-state index contributed by atoms with van der Waals surface area (Å²) < 4.78 is 10.7. The van der Waals surface area contributed by atoms with E-state index in [9.17, 15) is 0 Å². The van der Waals surface area contributed by atoms with Crippen molar-refractivity contribution in [3.8, 4) is 5.75 Å². The summed E-state index contributed by atoms with van der Waals surface area (Å²) in [6.45, 7) is 6.09. The van der Waals surface area contributed by atoms with Gasteiger partial charge in [-0.05, 0) is 24.5 Å². The van der Waals surface area contributed by atoms with Gasteiger partial charge in [-0.2, -0.15) is 0 Å². The van der Waals surface area contributed by atoms with E-state index in [0.29, 0.717) is 11.8 Å². The number of thioether (sulfide) groups is 1. The second-order valence-electron chi connectivity index (χ2n) is 6.55. The number of guanidine groups is 1. The number of nitrogens with zero attached hydrogens (tertiary/aromatic N) is 2. The summed E-state index contributed by atoms with van der Waals surface area (Å²) in [6.07, 6.45) is 1.17. The number of likely N-dealkylation sites (tertiary alicyclic amines) is 1. The SMILES string of the molecule is CN=C(NCC(C)CSc1ccccc1OC)N1CCC(COC)C1. The maximum atomic E-state index is 5.42. The summed E-state index contributed by atoms with van der Waals surface area (Å²) in [5.74, 6) is 4.14. The topological polar surface area (TPSA) is 46.1 Å². The van der Waals surface area contributed by atoms with Gasteiger partial charge in [-0.25, -0.2) is 0 Å². The Kier molecular flexibility index (Phi) is 8.41. The van der Waals surface area contributed by atoms with Gasteiger partial charge in [0, 0.05) is 50.4 Å². The van der Waals surface area contributed by atoms with E-state index in [1.54, 1.807) is 14.2 Å². The average Bonchev–Trinajstić information content (AvgIpc) is 3.09. The number of para-hydroxylation sites is 1. The molecule has 0 saturated carbocycles. The minimum atomic E-state index is 0.532. The molecule has 1 aliphatic rings. The minimum absolute atomic E-state index is 0.532. The monoisotopic (exact) mass is 365 g/mol. The third-order valence-electron chi connectivity index (χ3n) is 4.40. The summed E-state index contributed by atoms with van der Waals surface area (Å²) in [5, 5.41) is 3.53. The smallest absolute Gasteiger partial charge is 0.193 e. The first-order valence-corrected chi connectivity index (χ1v) is 9.86. The average molecular weight is 366 g/mol. The number of hydrogen-bond donors (Lipinski definition) is 1. The number of aliphatic imine (C=N–C) groups is 1. The molecule has 5 nitrogen and oxygen atoms in total. The molecule has 1 fully saturated rings. The quantitative estimate of drug-likeness (QED) is 0.436. The van der Waals surface area contributed by atoms with Crippen molar-refractivity contribution in [2.75, 3.05) is 53.3 Å². The van der Waals surface area contributed by atoms with Gasteiger partial charge in [0.1, 0.15) is 5.75 Å². The van der Waals surface area contributed by atoms with E-state index in [-0.39, 0.29) is 0 Å². The molecule has 1 saturated heterocycles. The number of methoxy groups -OCH3 is 2. The third kappa shape index (κ3) is 6.12. The lowest BCUT2D eigenvalue weighted by Crippen LogP contribution is -2.42. The van der Waals surface area contributed by atoms with Gasteiger partial charge in [0.25, 0.3) is 0 Å². The van der Waals surface area contributed by atoms with E-state index in [1.165, 1.54) is 11.3 Å². The molecular formula is C19H31N3O2S. The zero-order valence-corrected chi connectivity index (χ0v) is 16.6. The van der Waals surface area contributed by atoms with Crippen LogP contribution in [0.1, 0.15) is 13.3 Å². The molecule has 0 spiro atoms. The molecule has 2 unspecified atom stereocenters. The second kappa shape index (κ2) is 10.6. The van der Waals surface area contributed by atoms with Gasteiger partial charge < -0.3 is 19.7 Å². The van der Waals surface area contributed by atoms with Crippen LogP contribution in [0.25, 0.3) is 0 Å². The zero-order chi connectivity index (χ0) is 18.1. The van der Waals surface area contributed by atoms with Gasteiger partial charge in [0.15, 0.2) is 5.96 Å². The lowest BCUT2D eigenvalue weighted by atomic mass is 10.1. The highest BCUT2D eigenvalue weighted by molar-refractivity contribution is 7.99. The Bertz CT molecular complexity index is 553. The van der Waals surface area contributed by atoms with Crippen LogP contribution >= 0.6 is 11.8 Å². The molecule has 1 N–H and O–H groups in total. The zero-order valence-electron chi connectivity index (χ0n) is 15.8. The number of benzene rings is 1. The fourth-order valence-corrected chi connectivity index (χ4v) is 4.07. The van der Waals surface area contributed by atoms with E-state index in [4.69, 9.17) is 9.47 Å². The number of rotatable bonds is 8. The van der Waals surface area contributed by atoms with Crippen LogP contribution in [0.3, 0.4) is 0 Å². The summed E-state index contributed by atoms with van der Waals surface area (Å²) in [4.78, 5) is 7.98. The second-order valence-corrected chi connectivity index (χ2v) is 7.61. The van der Waals surface area contributed by atoms with Crippen LogP contribution in [0.2, 0.25) is 0 Å². The Labute approximate surface area is 156 Å². The van der Waals surface area contributed by atoms with E-state index >= 15 is 0 Å². The number of ether oxygens (including phenoxy) is 2. The Morgan fingerprint density at radius 3 is 2.92 bits per heavy atom. The van der Waals surface area contributed by atoms with E-state index in [2.05, 4.69) is 34.3 Å². The van der Waals surface area contributed by atoms with Gasteiger partial charge >= 0.3 is 0 Å². The Morgan fingerprint density at radius 2 is 2.20 bits per heavy atom. The Balaban J connectivity index is 1.76. The van der Waals surface area contributed by atoms with E-state index < -0.39 is 0 Å². The number of hydrogen-bond acceptors (Lipinski definition) is 4. The fraction of sp³-hybridized carbons (Fsp3) is 0.632. The van der Waals surface area contributed by atoms with Crippen molar-refractivity contribution in [2.45, 2.75) is 18.2 Å². The maximum absolute atomic E-state index is 5.42. The normalized spacial score (nSPS) is 19.1. The maximum Gasteiger partial charge on any atom is 0.193 e. The van der Waals surface area contributed by atoms with Crippen LogP contribution in [0, 0.1) is 11.8 Å². The summed E-state index contributed by atoms with van der Waals surface area (Å²) >= 11 is 1.84. The van der Waals surface area contributed by atoms with Gasteiger partial charge in [-0.1, -0.05) is 19.1 Å². The van der Waals surface area contributed by atoms with Crippen LogP contribution in [-0.2, 0) is 4.74 Å². The molecule has 0 aliphatic carbocycles. The third-order valence-corrected chi connectivity index (χ3v) is 5.78. The molecule has 0 aromatic heterocycles. The predicted molar refractivity (Wildman–Crippen MR) is 106 cm³/mol. The standard InChI is InChI=1S/C19H31N3O2S/c1-15(14-25-18-8-6-5-7-17(18)24-4)11-21-19(20-2)22-10-9-16(12-22)13-23-3/h5-8,15-16H,9-14H2,1-4H3,(H,20,21). The van der Waals surface area contributed by atoms with Crippen molar-refractivity contribution < 1.29 is 9.47 Å². The first kappa shape index (κ1) is 19.9. The van der Waals surface area contributed by atoms with Crippen LogP contribution < -0.4 is 10.1 Å². The van der Waals surface area contributed by atoms with Crippen LogP contribution in [-0.4, -0.2) is 64.1 Å². The molecule has 1 aromatic carbocycles. The molecule has 2 rings (SSSR count). The summed E-state index contributed by atoms with van der Waals surface area (Å²) in [6, 6.07) is 8.18. The molecular weight excluding hydrogens is 334 g/mol. The Hall–Kier alpha value is -1.40. The molecule has 1 heterocycles. The first-order chi connectivity index (χ1) is 12.2. The van der Waals surface area contributed by atoms with Gasteiger partial charge in [-0.15, -0.1) is 11.8 Å². The van der Waals surface area contributed by atoms with Gasteiger partial charge in [0.05, 0.1) is 13.7 Å². The van der Waals surface area contributed by atoms with Crippen molar-refractivity contribution >= 4 is 17.7 Å². The van der Waals surface area contributed by atoms with Crippen molar-refractivity contribution in [2.24, 2.45) is 16.8 Å². The number of nitrogens with one attached hydrogen (secondary N) is 1. The van der Waals surface area contributed by atoms with Crippen LogP contribution in [0.15, 0.2) is 34.2 Å². The van der Waals surface area contributed by atoms with Crippen LogP contribution in [0.4, 0.5) is 0 Å². The Morgan fingerprint density at radius 1 is 1.40 bits per heavy atom. The van der Waals surface area contributed by atoms with Crippen LogP contribution in [0.5, 0.6) is 5.75 Å². The van der Waals surface area contributed by atoms with Crippen molar-refractivity contribution in [1.82, 2.24) is 10.2 Å². The lowest BCUT2D eigenvalue weighted by molar-refractivity contribution is 0.157. The lowest BCUT2D eigenvalue weighted by Gasteiger charge is -2.23. The molecule has 1 aliphatic heterocycles. The largest absolute Gasteiger partial charge is 0.496 e. The van der Waals surface area contributed by atoms with E-state index in [0.717, 1.165) is 43.7 Å². The highest BCUT2D eigenvalue weighted by atomic mass is 32.2. The fourth-order valence-electron chi connectivity index (χ4n) is 3.02. The minimum Gasteiger partial charge on any atom is -0.496 e.